The Balaban J connectivity index is 2.17. The molecule has 1 aromatic heterocycles. The molecule has 100 valence electrons. The van der Waals surface area contributed by atoms with Gasteiger partial charge in [0.25, 0.3) is 5.91 Å². The highest BCUT2D eigenvalue weighted by Gasteiger charge is 2.27. The fraction of sp³-hybridized carbons (Fsp3) is 0.545. The van der Waals surface area contributed by atoms with Gasteiger partial charge in [0.1, 0.15) is 5.69 Å². The Hall–Kier alpha value is -0.820. The van der Waals surface area contributed by atoms with Gasteiger partial charge in [-0.2, -0.15) is 0 Å². The Kier molecular flexibility index (Phi) is 3.82. The maximum Gasteiger partial charge on any atom is 0.270 e. The van der Waals surface area contributed by atoms with Crippen LogP contribution in [0, 0.1) is 0 Å². The molecular formula is C11H15BrN2O3S. The van der Waals surface area contributed by atoms with Gasteiger partial charge < -0.3 is 9.47 Å². The lowest BCUT2D eigenvalue weighted by molar-refractivity contribution is 0.0759. The molecule has 18 heavy (non-hydrogen) atoms. The maximum atomic E-state index is 12.3. The average molecular weight is 335 g/mol. The minimum atomic E-state index is -2.95. The summed E-state index contributed by atoms with van der Waals surface area (Å²) in [5.41, 5.74) is 0.601. The topological polar surface area (TPSA) is 59.4 Å². The summed E-state index contributed by atoms with van der Waals surface area (Å²) in [7, 11) is -2.95. The fourth-order valence-corrected chi connectivity index (χ4v) is 3.66. The molecule has 2 heterocycles. The first-order valence-electron chi connectivity index (χ1n) is 5.78. The molecule has 1 amide bonds. The molecule has 1 aromatic rings. The third kappa shape index (κ3) is 2.77. The van der Waals surface area contributed by atoms with Crippen LogP contribution in [0.4, 0.5) is 0 Å². The second-order valence-corrected chi connectivity index (χ2v) is 7.49. The van der Waals surface area contributed by atoms with Crippen molar-refractivity contribution >= 4 is 31.7 Å². The molecule has 0 saturated carbocycles. The first kappa shape index (κ1) is 13.6. The van der Waals surface area contributed by atoms with E-state index >= 15 is 0 Å². The highest BCUT2D eigenvalue weighted by Crippen LogP contribution is 2.17. The van der Waals surface area contributed by atoms with E-state index in [0.29, 0.717) is 12.2 Å². The number of amides is 1. The first-order chi connectivity index (χ1) is 8.43. The van der Waals surface area contributed by atoms with Gasteiger partial charge in [-0.25, -0.2) is 8.42 Å². The number of carbonyl (C=O) groups is 1. The molecule has 0 bridgehead atoms. The molecular weight excluding hydrogens is 320 g/mol. The van der Waals surface area contributed by atoms with Crippen LogP contribution in [0.3, 0.4) is 0 Å². The van der Waals surface area contributed by atoms with E-state index in [9.17, 15) is 13.2 Å². The lowest BCUT2D eigenvalue weighted by atomic mass is 10.3. The number of sulfone groups is 1. The van der Waals surface area contributed by atoms with Crippen LogP contribution in [0.2, 0.25) is 0 Å². The smallest absolute Gasteiger partial charge is 0.270 e. The summed E-state index contributed by atoms with van der Waals surface area (Å²) in [6.45, 7) is 3.24. The van der Waals surface area contributed by atoms with Crippen LogP contribution in [0.25, 0.3) is 0 Å². The van der Waals surface area contributed by atoms with E-state index in [4.69, 9.17) is 0 Å². The normalized spacial score (nSPS) is 18.9. The van der Waals surface area contributed by atoms with E-state index in [1.165, 1.54) is 0 Å². The van der Waals surface area contributed by atoms with Gasteiger partial charge in [-0.05, 0) is 28.9 Å². The summed E-state index contributed by atoms with van der Waals surface area (Å²) in [6.07, 6.45) is 1.86. The van der Waals surface area contributed by atoms with Crippen LogP contribution >= 0.6 is 15.9 Å². The molecule has 0 aromatic carbocycles. The quantitative estimate of drug-likeness (QED) is 0.814. The molecule has 0 N–H and O–H groups in total. The minimum absolute atomic E-state index is 0.0622. The molecule has 0 atom stereocenters. The Morgan fingerprint density at radius 1 is 1.39 bits per heavy atom. The third-order valence-electron chi connectivity index (χ3n) is 3.05. The van der Waals surface area contributed by atoms with Crippen molar-refractivity contribution in [2.75, 3.05) is 24.6 Å². The van der Waals surface area contributed by atoms with Crippen LogP contribution in [-0.4, -0.2) is 48.4 Å². The van der Waals surface area contributed by atoms with Gasteiger partial charge in [-0.1, -0.05) is 0 Å². The largest absolute Gasteiger partial charge is 0.343 e. The summed E-state index contributed by atoms with van der Waals surface area (Å²) in [6, 6.07) is 1.77. The zero-order valence-electron chi connectivity index (χ0n) is 10.1. The van der Waals surface area contributed by atoms with Gasteiger partial charge in [-0.15, -0.1) is 0 Å². The van der Waals surface area contributed by atoms with E-state index < -0.39 is 9.84 Å². The van der Waals surface area contributed by atoms with Gasteiger partial charge >= 0.3 is 0 Å². The van der Waals surface area contributed by atoms with E-state index in [1.54, 1.807) is 11.0 Å². The highest BCUT2D eigenvalue weighted by molar-refractivity contribution is 9.10. The number of halogens is 1. The molecule has 0 aliphatic carbocycles. The van der Waals surface area contributed by atoms with Crippen molar-refractivity contribution < 1.29 is 13.2 Å². The van der Waals surface area contributed by atoms with Crippen molar-refractivity contribution in [2.24, 2.45) is 0 Å². The van der Waals surface area contributed by atoms with Gasteiger partial charge in [0.15, 0.2) is 9.84 Å². The molecule has 1 aliphatic heterocycles. The molecule has 5 nitrogen and oxygen atoms in total. The van der Waals surface area contributed by atoms with Crippen molar-refractivity contribution in [3.8, 4) is 0 Å². The van der Waals surface area contributed by atoms with Gasteiger partial charge in [0.2, 0.25) is 0 Å². The average Bonchev–Trinajstić information content (AvgIpc) is 2.69. The summed E-state index contributed by atoms with van der Waals surface area (Å²) < 4.78 is 25.4. The predicted molar refractivity (Wildman–Crippen MR) is 72.4 cm³/mol. The van der Waals surface area contributed by atoms with Gasteiger partial charge in [0, 0.05) is 30.3 Å². The second-order valence-electron chi connectivity index (χ2n) is 4.27. The number of aryl methyl sites for hydroxylation is 1. The first-order valence-corrected chi connectivity index (χ1v) is 8.40. The van der Waals surface area contributed by atoms with Crippen LogP contribution in [0.5, 0.6) is 0 Å². The van der Waals surface area contributed by atoms with Crippen molar-refractivity contribution in [3.05, 3.63) is 22.4 Å². The maximum absolute atomic E-state index is 12.3. The van der Waals surface area contributed by atoms with Crippen LogP contribution in [0.1, 0.15) is 17.4 Å². The lowest BCUT2D eigenvalue weighted by Gasteiger charge is -2.27. The Morgan fingerprint density at radius 2 is 2.00 bits per heavy atom. The number of carbonyl (C=O) groups excluding carboxylic acids is 1. The van der Waals surface area contributed by atoms with Crippen LogP contribution in [-0.2, 0) is 16.4 Å². The summed E-state index contributed by atoms with van der Waals surface area (Å²) in [4.78, 5) is 13.9. The van der Waals surface area contributed by atoms with Crippen molar-refractivity contribution in [3.63, 3.8) is 0 Å². The van der Waals surface area contributed by atoms with Gasteiger partial charge in [0.05, 0.1) is 11.5 Å². The zero-order chi connectivity index (χ0) is 13.3. The SMILES string of the molecule is CCn1cc(Br)cc1C(=O)N1CCS(=O)(=O)CC1. The predicted octanol–water partition coefficient (Wildman–Crippen LogP) is 1.14. The van der Waals surface area contributed by atoms with Crippen molar-refractivity contribution in [1.29, 1.82) is 0 Å². The number of hydrogen-bond donors (Lipinski definition) is 0. The zero-order valence-corrected chi connectivity index (χ0v) is 12.5. The molecule has 7 heteroatoms. The number of aromatic nitrogens is 1. The van der Waals surface area contributed by atoms with Crippen LogP contribution in [0.15, 0.2) is 16.7 Å². The van der Waals surface area contributed by atoms with Gasteiger partial charge in [-0.3, -0.25) is 4.79 Å². The van der Waals surface area contributed by atoms with E-state index in [-0.39, 0.29) is 30.5 Å². The highest BCUT2D eigenvalue weighted by atomic mass is 79.9. The lowest BCUT2D eigenvalue weighted by Crippen LogP contribution is -2.44. The number of nitrogens with zero attached hydrogens (tertiary/aromatic N) is 2. The fourth-order valence-electron chi connectivity index (χ4n) is 1.99. The Morgan fingerprint density at radius 3 is 2.56 bits per heavy atom. The van der Waals surface area contributed by atoms with Crippen molar-refractivity contribution in [2.45, 2.75) is 13.5 Å². The number of rotatable bonds is 2. The Bertz CT molecular complexity index is 551. The molecule has 0 unspecified atom stereocenters. The molecule has 2 rings (SSSR count). The molecule has 0 radical (unpaired) electrons. The molecule has 1 fully saturated rings. The Labute approximate surface area is 115 Å². The minimum Gasteiger partial charge on any atom is -0.343 e. The monoisotopic (exact) mass is 334 g/mol. The molecule has 1 saturated heterocycles. The van der Waals surface area contributed by atoms with E-state index in [0.717, 1.165) is 4.47 Å². The van der Waals surface area contributed by atoms with E-state index in [2.05, 4.69) is 15.9 Å². The standard InChI is InChI=1S/C11H15BrN2O3S/c1-2-13-8-9(12)7-10(13)11(15)14-3-5-18(16,17)6-4-14/h7-8H,2-6H2,1H3. The van der Waals surface area contributed by atoms with Crippen molar-refractivity contribution in [1.82, 2.24) is 9.47 Å². The number of hydrogen-bond acceptors (Lipinski definition) is 3. The summed E-state index contributed by atoms with van der Waals surface area (Å²) in [5, 5.41) is 0. The van der Waals surface area contributed by atoms with E-state index in [1.807, 2.05) is 17.7 Å². The molecule has 0 spiro atoms. The van der Waals surface area contributed by atoms with Crippen LogP contribution < -0.4 is 0 Å². The summed E-state index contributed by atoms with van der Waals surface area (Å²) in [5.74, 6) is 0.0249. The summed E-state index contributed by atoms with van der Waals surface area (Å²) >= 11 is 3.35. The second kappa shape index (κ2) is 5.05. The molecule has 1 aliphatic rings. The third-order valence-corrected chi connectivity index (χ3v) is 5.10.